The fourth-order valence-electron chi connectivity index (χ4n) is 11.1. The van der Waals surface area contributed by atoms with Crippen LogP contribution in [0.15, 0.2) is 149 Å². The summed E-state index contributed by atoms with van der Waals surface area (Å²) in [5.41, 5.74) is 12.0. The van der Waals surface area contributed by atoms with E-state index in [9.17, 15) is 41.9 Å². The van der Waals surface area contributed by atoms with Crippen molar-refractivity contribution in [2.75, 3.05) is 103 Å². The molecule has 100 heavy (non-hydrogen) atoms. The zero-order chi connectivity index (χ0) is 73.8. The molecule has 1 fully saturated rings. The number of anilines is 3. The summed E-state index contributed by atoms with van der Waals surface area (Å²) in [5.74, 6) is 2.17. The Kier molecular flexibility index (Phi) is 28.2. The van der Waals surface area contributed by atoms with E-state index < -0.39 is 33.5 Å². The van der Waals surface area contributed by atoms with E-state index in [1.165, 1.54) is 20.2 Å². The molecule has 0 unspecified atom stereocenters. The molecule has 4 aromatic rings. The van der Waals surface area contributed by atoms with E-state index >= 15 is 0 Å². The number of nitrogen functional groups attached to an aromatic ring is 1. The van der Waals surface area contributed by atoms with Crippen molar-refractivity contribution in [2.45, 2.75) is 79.2 Å². The van der Waals surface area contributed by atoms with E-state index in [0.29, 0.717) is 92.7 Å². The number of nitrogens with two attached hydrogens (primary N) is 1. The van der Waals surface area contributed by atoms with Crippen molar-refractivity contribution < 1.29 is 82.6 Å². The molecule has 26 heteroatoms. The Labute approximate surface area is 579 Å². The lowest BCUT2D eigenvalue weighted by atomic mass is 9.91. The standard InChI is InChI=1S/C38H45N2O5.C29H32N2O5.C6H8N2O3.CHF3O3S/c1-8-19-40(20-9-2)28-15-17-30-35(24-28)45-36-25-29(44-22-10-3)16-18-31(36)38(30)32-23-27(6)33(26-34(32)42-7)39(11-4)21-13-14-37(41)43-12-5;1-5-31(13-7-8-28(33)35-6-2)24-17-25(34-4)23(14-18(24)3)29-21-11-9-19(30)15-26(21)36-27-16-20(32)10-12-22(27)29;1-7-4(9)3-5(10)8(2)6(7)11;2-1(3,4)8(5,6)7/h8-10,15-18,23-26H,1-3,11-14,19-22H2,4-7H3;9-12,14-17H,5-8,13,30H2,1-4H3;3H2,1-2H3;(H,5,6,7)/q+1;;;/p-1. The molecule has 0 saturated carbocycles. The highest BCUT2D eigenvalue weighted by atomic mass is 32.2. The summed E-state index contributed by atoms with van der Waals surface area (Å²) >= 11 is 0. The van der Waals surface area contributed by atoms with Gasteiger partial charge in [0.15, 0.2) is 28.6 Å². The number of carbonyl (C=O) groups is 5. The predicted molar refractivity (Wildman–Crippen MR) is 380 cm³/mol. The third-order valence-electron chi connectivity index (χ3n) is 16.0. The van der Waals surface area contributed by atoms with Gasteiger partial charge in [-0.2, -0.15) is 13.2 Å². The highest BCUT2D eigenvalue weighted by Gasteiger charge is 2.37. The molecule has 0 radical (unpaired) electrons. The first-order chi connectivity index (χ1) is 47.5. The Morgan fingerprint density at radius 2 is 1.11 bits per heavy atom. The number of alkyl halides is 3. The number of esters is 2. The summed E-state index contributed by atoms with van der Waals surface area (Å²) in [6.45, 7) is 29.3. The first-order valence-corrected chi connectivity index (χ1v) is 33.5. The van der Waals surface area contributed by atoms with Gasteiger partial charge in [0.05, 0.1) is 33.5 Å². The zero-order valence-corrected chi connectivity index (χ0v) is 58.7. The molecule has 3 aliphatic heterocycles. The second-order valence-corrected chi connectivity index (χ2v) is 24.1. The highest BCUT2D eigenvalue weighted by Crippen LogP contribution is 2.48. The summed E-state index contributed by atoms with van der Waals surface area (Å²) in [5, 5.41) is 2.83. The molecular weight excluding hydrogens is 1320 g/mol. The molecule has 2 N–H and O–H groups in total. The Balaban J connectivity index is 0.000000252. The van der Waals surface area contributed by atoms with Crippen molar-refractivity contribution in [3.8, 4) is 62.1 Å². The number of benzene rings is 6. The minimum absolute atomic E-state index is 0.125. The Bertz CT molecular complexity index is 4460. The summed E-state index contributed by atoms with van der Waals surface area (Å²) in [7, 11) is -0.0247. The third-order valence-corrected chi connectivity index (χ3v) is 16.5. The predicted octanol–water partition coefficient (Wildman–Crippen LogP) is 12.5. The fraction of sp³-hybridized carbons (Fsp3) is 0.338. The number of hydrogen-bond acceptors (Lipinski definition) is 19. The van der Waals surface area contributed by atoms with Crippen LogP contribution in [0.1, 0.15) is 70.9 Å². The lowest BCUT2D eigenvalue weighted by Gasteiger charge is -2.27. The van der Waals surface area contributed by atoms with E-state index in [1.54, 1.807) is 38.5 Å². The number of aryl methyl sites for hydroxylation is 2. The van der Waals surface area contributed by atoms with E-state index in [0.717, 1.165) is 120 Å². The maximum Gasteiger partial charge on any atom is 0.485 e. The lowest BCUT2D eigenvalue weighted by Crippen LogP contribution is -2.51. The van der Waals surface area contributed by atoms with Crippen LogP contribution >= 0.6 is 0 Å². The summed E-state index contributed by atoms with van der Waals surface area (Å²) in [6, 6.07) is 30.5. The van der Waals surface area contributed by atoms with Gasteiger partial charge >= 0.3 is 23.5 Å². The molecule has 4 aromatic carbocycles. The van der Waals surface area contributed by atoms with Gasteiger partial charge in [-0.3, -0.25) is 33.8 Å². The van der Waals surface area contributed by atoms with Crippen molar-refractivity contribution in [3.05, 3.63) is 162 Å². The number of rotatable bonds is 25. The van der Waals surface area contributed by atoms with E-state index in [1.807, 2.05) is 62.4 Å². The van der Waals surface area contributed by atoms with Crippen LogP contribution in [-0.4, -0.2) is 145 Å². The number of barbiturate groups is 1. The molecule has 1 saturated heterocycles. The third kappa shape index (κ3) is 19.7. The number of urea groups is 1. The number of ether oxygens (including phenoxy) is 5. The number of halogens is 3. The summed E-state index contributed by atoms with van der Waals surface area (Å²) in [6.07, 6.45) is 7.45. The summed E-state index contributed by atoms with van der Waals surface area (Å²) in [4.78, 5) is 74.8. The maximum atomic E-state index is 12.1. The van der Waals surface area contributed by atoms with Crippen LogP contribution in [0.5, 0.6) is 17.2 Å². The van der Waals surface area contributed by atoms with Gasteiger partial charge in [-0.15, -0.1) is 0 Å². The number of carbonyl (C=O) groups excluding carboxylic acids is 5. The number of methoxy groups -OCH3 is 2. The highest BCUT2D eigenvalue weighted by molar-refractivity contribution is 7.86. The molecule has 534 valence electrons. The number of amides is 4. The molecular formula is C74H85F3N6O16S. The average molecular weight is 1400 g/mol. The SMILES string of the molecule is C=CCOc1ccc2c(-c3cc(C)c(N(CC)CCCC(=O)OCC)cc3OC)c3ccc(=[N+](CC=C)CC=C)cc-3oc2c1.CCOC(=O)CCCN(CC)c1cc(OC)c(-c2c3ccc(=O)cc-3oc3cc(N)ccc23)cc1C.CN1C(=O)CC(=O)N(C)C1=O.O=S(=O)([O-])C(F)(F)F. The molecule has 22 nitrogen and oxygen atoms in total. The van der Waals surface area contributed by atoms with Crippen molar-refractivity contribution in [1.29, 1.82) is 0 Å². The molecule has 9 rings (SSSR count). The van der Waals surface area contributed by atoms with Gasteiger partial charge < -0.3 is 52.6 Å². The van der Waals surface area contributed by atoms with Crippen molar-refractivity contribution in [3.63, 3.8) is 0 Å². The zero-order valence-electron chi connectivity index (χ0n) is 57.9. The molecule has 0 atom stereocenters. The minimum atomic E-state index is -6.09. The number of imide groups is 2. The average Bonchev–Trinajstić information content (AvgIpc) is 0.752. The Morgan fingerprint density at radius 1 is 0.650 bits per heavy atom. The van der Waals surface area contributed by atoms with Gasteiger partial charge in [0.25, 0.3) is 0 Å². The molecule has 0 spiro atoms. The molecule has 3 heterocycles. The van der Waals surface area contributed by atoms with E-state index in [-0.39, 0.29) is 23.8 Å². The van der Waals surface area contributed by atoms with Crippen molar-refractivity contribution >= 4 is 78.9 Å². The van der Waals surface area contributed by atoms with Gasteiger partial charge in [0.2, 0.25) is 17.2 Å². The Hall–Kier alpha value is -10.5. The van der Waals surface area contributed by atoms with Crippen LogP contribution in [-0.2, 0) is 38.8 Å². The van der Waals surface area contributed by atoms with Crippen LogP contribution in [0.2, 0.25) is 0 Å². The molecule has 4 amide bonds. The van der Waals surface area contributed by atoms with Crippen LogP contribution in [0.4, 0.5) is 35.0 Å². The van der Waals surface area contributed by atoms with Crippen molar-refractivity contribution in [1.82, 2.24) is 14.4 Å². The Morgan fingerprint density at radius 3 is 1.55 bits per heavy atom. The topological polar surface area (TPSA) is 274 Å². The van der Waals surface area contributed by atoms with E-state index in [4.69, 9.17) is 51.2 Å². The second-order valence-electron chi connectivity index (χ2n) is 22.7. The normalized spacial score (nSPS) is 12.2. The van der Waals surface area contributed by atoms with E-state index in [2.05, 4.69) is 98.2 Å². The van der Waals surface area contributed by atoms with Gasteiger partial charge in [0, 0.05) is 151 Å². The van der Waals surface area contributed by atoms with Gasteiger partial charge in [-0.25, -0.2) is 17.8 Å². The second kappa shape index (κ2) is 35.9. The number of fused-ring (bicyclic) bond motifs is 4. The first-order valence-electron chi connectivity index (χ1n) is 32.1. The van der Waals surface area contributed by atoms with Crippen LogP contribution in [0.25, 0.3) is 66.8 Å². The smallest absolute Gasteiger partial charge is 0.485 e. The molecule has 0 bridgehead atoms. The van der Waals surface area contributed by atoms with Gasteiger partial charge in [-0.05, 0) is 132 Å². The van der Waals surface area contributed by atoms with Gasteiger partial charge in [0.1, 0.15) is 53.0 Å². The molecule has 0 aromatic heterocycles. The fourth-order valence-corrected chi connectivity index (χ4v) is 11.1. The summed E-state index contributed by atoms with van der Waals surface area (Å²) < 4.78 is 102. The number of nitrogens with zero attached hydrogens (tertiary/aromatic N) is 5. The van der Waals surface area contributed by atoms with Gasteiger partial charge in [-0.1, -0.05) is 25.8 Å². The quantitative estimate of drug-likeness (QED) is 0.00813. The van der Waals surface area contributed by atoms with Crippen LogP contribution in [0, 0.1) is 13.8 Å². The largest absolute Gasteiger partial charge is 0.741 e. The minimum Gasteiger partial charge on any atom is -0.741 e. The first kappa shape index (κ1) is 78.5. The maximum absolute atomic E-state index is 12.1. The van der Waals surface area contributed by atoms with Crippen LogP contribution < -0.4 is 45.1 Å². The van der Waals surface area contributed by atoms with Crippen LogP contribution in [0.3, 0.4) is 0 Å². The molecule has 2 aliphatic carbocycles. The molecule has 5 aliphatic rings. The van der Waals surface area contributed by atoms with Crippen molar-refractivity contribution in [2.24, 2.45) is 0 Å². The lowest BCUT2D eigenvalue weighted by molar-refractivity contribution is -0.144. The number of hydrogen-bond donors (Lipinski definition) is 1. The monoisotopic (exact) mass is 1400 g/mol.